The number of hydrogen-bond acceptors (Lipinski definition) is 2. The fourth-order valence-electron chi connectivity index (χ4n) is 2.02. The number of benzene rings is 1. The van der Waals surface area contributed by atoms with E-state index in [0.717, 1.165) is 26.2 Å². The van der Waals surface area contributed by atoms with Gasteiger partial charge >= 0.3 is 0 Å². The molecule has 0 saturated carbocycles. The van der Waals surface area contributed by atoms with Crippen LogP contribution in [0, 0.1) is 0 Å². The van der Waals surface area contributed by atoms with Crippen molar-refractivity contribution in [2.24, 2.45) is 0 Å². The van der Waals surface area contributed by atoms with Crippen LogP contribution in [-0.2, 0) is 6.54 Å². The Hall–Kier alpha value is -1.32. The standard InChI is InChI=1S/C14H21N3/c1-2-15-8-5-9-16-10-12-11-17-14-7-4-3-6-13(12)14/h3-4,6-7,11,15-17H,2,5,8-10H2,1H3. The molecule has 0 unspecified atom stereocenters. The van der Waals surface area contributed by atoms with Crippen LogP contribution in [0.1, 0.15) is 18.9 Å². The molecule has 0 amide bonds. The van der Waals surface area contributed by atoms with Crippen LogP contribution in [0.4, 0.5) is 0 Å². The molecule has 0 aliphatic rings. The second-order valence-electron chi connectivity index (χ2n) is 4.24. The van der Waals surface area contributed by atoms with Gasteiger partial charge in [-0.1, -0.05) is 25.1 Å². The minimum Gasteiger partial charge on any atom is -0.361 e. The third-order valence-electron chi connectivity index (χ3n) is 2.95. The van der Waals surface area contributed by atoms with Crippen molar-refractivity contribution >= 4 is 10.9 Å². The molecule has 92 valence electrons. The Kier molecular flexibility index (Phi) is 4.59. The summed E-state index contributed by atoms with van der Waals surface area (Å²) >= 11 is 0. The summed E-state index contributed by atoms with van der Waals surface area (Å²) in [4.78, 5) is 3.30. The monoisotopic (exact) mass is 231 g/mol. The highest BCUT2D eigenvalue weighted by atomic mass is 14.9. The van der Waals surface area contributed by atoms with Crippen LogP contribution in [0.25, 0.3) is 10.9 Å². The fourth-order valence-corrected chi connectivity index (χ4v) is 2.02. The number of fused-ring (bicyclic) bond motifs is 1. The zero-order chi connectivity index (χ0) is 11.9. The minimum absolute atomic E-state index is 0.941. The molecule has 1 heterocycles. The van der Waals surface area contributed by atoms with Crippen molar-refractivity contribution in [2.45, 2.75) is 19.9 Å². The van der Waals surface area contributed by atoms with Gasteiger partial charge in [0.25, 0.3) is 0 Å². The van der Waals surface area contributed by atoms with Crippen molar-refractivity contribution in [1.82, 2.24) is 15.6 Å². The van der Waals surface area contributed by atoms with Crippen molar-refractivity contribution in [3.05, 3.63) is 36.0 Å². The van der Waals surface area contributed by atoms with Gasteiger partial charge in [-0.15, -0.1) is 0 Å². The Morgan fingerprint density at radius 1 is 1.12 bits per heavy atom. The Bertz CT molecular complexity index is 447. The lowest BCUT2D eigenvalue weighted by Gasteiger charge is -2.04. The van der Waals surface area contributed by atoms with Crippen molar-refractivity contribution < 1.29 is 0 Å². The van der Waals surface area contributed by atoms with Crippen LogP contribution in [0.3, 0.4) is 0 Å². The molecule has 1 aromatic carbocycles. The molecule has 0 aliphatic heterocycles. The molecule has 17 heavy (non-hydrogen) atoms. The third kappa shape index (κ3) is 3.32. The summed E-state index contributed by atoms with van der Waals surface area (Å²) < 4.78 is 0. The van der Waals surface area contributed by atoms with E-state index in [1.54, 1.807) is 0 Å². The van der Waals surface area contributed by atoms with Gasteiger partial charge in [0.15, 0.2) is 0 Å². The maximum Gasteiger partial charge on any atom is 0.0457 e. The number of para-hydroxylation sites is 1. The van der Waals surface area contributed by atoms with Gasteiger partial charge in [-0.2, -0.15) is 0 Å². The summed E-state index contributed by atoms with van der Waals surface area (Å²) in [5.41, 5.74) is 2.57. The molecule has 3 N–H and O–H groups in total. The van der Waals surface area contributed by atoms with Gasteiger partial charge in [-0.05, 0) is 37.7 Å². The first-order valence-corrected chi connectivity index (χ1v) is 6.38. The Morgan fingerprint density at radius 3 is 2.82 bits per heavy atom. The van der Waals surface area contributed by atoms with E-state index in [-0.39, 0.29) is 0 Å². The summed E-state index contributed by atoms with van der Waals surface area (Å²) in [7, 11) is 0. The van der Waals surface area contributed by atoms with E-state index in [2.05, 4.69) is 53.0 Å². The maximum absolute atomic E-state index is 3.48. The van der Waals surface area contributed by atoms with E-state index in [1.807, 2.05) is 0 Å². The summed E-state index contributed by atoms with van der Waals surface area (Å²) in [6, 6.07) is 8.43. The maximum atomic E-state index is 3.48. The van der Waals surface area contributed by atoms with Crippen molar-refractivity contribution in [3.63, 3.8) is 0 Å². The summed E-state index contributed by atoms with van der Waals surface area (Å²) in [5.74, 6) is 0. The van der Waals surface area contributed by atoms with Gasteiger partial charge in [0.1, 0.15) is 0 Å². The number of H-pyrrole nitrogens is 1. The first-order chi connectivity index (χ1) is 8.42. The molecule has 0 bridgehead atoms. The molecule has 0 saturated heterocycles. The van der Waals surface area contributed by atoms with Crippen LogP contribution in [0.5, 0.6) is 0 Å². The van der Waals surface area contributed by atoms with Gasteiger partial charge in [0.05, 0.1) is 0 Å². The van der Waals surface area contributed by atoms with Gasteiger partial charge in [-0.25, -0.2) is 0 Å². The van der Waals surface area contributed by atoms with Gasteiger partial charge in [-0.3, -0.25) is 0 Å². The number of hydrogen-bond donors (Lipinski definition) is 3. The predicted molar refractivity (Wildman–Crippen MR) is 73.2 cm³/mol. The lowest BCUT2D eigenvalue weighted by atomic mass is 10.2. The Morgan fingerprint density at radius 2 is 1.94 bits per heavy atom. The SMILES string of the molecule is CCNCCCNCc1c[nH]c2ccccc12. The summed E-state index contributed by atoms with van der Waals surface area (Å²) in [5, 5.41) is 8.13. The first-order valence-electron chi connectivity index (χ1n) is 6.38. The molecule has 3 nitrogen and oxygen atoms in total. The number of aromatic amines is 1. The molecule has 0 radical (unpaired) electrons. The van der Waals surface area contributed by atoms with E-state index in [0.29, 0.717) is 0 Å². The second-order valence-corrected chi connectivity index (χ2v) is 4.24. The topological polar surface area (TPSA) is 39.8 Å². The molecule has 2 aromatic rings. The molecule has 2 rings (SSSR count). The molecular formula is C14H21N3. The first kappa shape index (κ1) is 12.1. The molecule has 0 atom stereocenters. The highest BCUT2D eigenvalue weighted by Gasteiger charge is 2.01. The van der Waals surface area contributed by atoms with Crippen LogP contribution >= 0.6 is 0 Å². The summed E-state index contributed by atoms with van der Waals surface area (Å²) in [6.07, 6.45) is 3.28. The fraction of sp³-hybridized carbons (Fsp3) is 0.429. The van der Waals surface area contributed by atoms with Crippen molar-refractivity contribution in [3.8, 4) is 0 Å². The molecule has 0 fully saturated rings. The van der Waals surface area contributed by atoms with E-state index < -0.39 is 0 Å². The van der Waals surface area contributed by atoms with Gasteiger partial charge in [0.2, 0.25) is 0 Å². The van der Waals surface area contributed by atoms with Gasteiger partial charge < -0.3 is 15.6 Å². The molecule has 0 spiro atoms. The van der Waals surface area contributed by atoms with E-state index in [1.165, 1.54) is 22.9 Å². The highest BCUT2D eigenvalue weighted by Crippen LogP contribution is 2.16. The zero-order valence-electron chi connectivity index (χ0n) is 10.4. The predicted octanol–water partition coefficient (Wildman–Crippen LogP) is 2.26. The van der Waals surface area contributed by atoms with Crippen LogP contribution in [0.2, 0.25) is 0 Å². The average molecular weight is 231 g/mol. The Balaban J connectivity index is 1.79. The van der Waals surface area contributed by atoms with E-state index in [9.17, 15) is 0 Å². The van der Waals surface area contributed by atoms with Crippen LogP contribution < -0.4 is 10.6 Å². The minimum atomic E-state index is 0.941. The lowest BCUT2D eigenvalue weighted by Crippen LogP contribution is -2.21. The zero-order valence-corrected chi connectivity index (χ0v) is 10.4. The quantitative estimate of drug-likeness (QED) is 0.640. The van der Waals surface area contributed by atoms with Crippen LogP contribution in [-0.4, -0.2) is 24.6 Å². The number of nitrogens with one attached hydrogen (secondary N) is 3. The smallest absolute Gasteiger partial charge is 0.0457 e. The van der Waals surface area contributed by atoms with Crippen molar-refractivity contribution in [2.75, 3.05) is 19.6 Å². The van der Waals surface area contributed by atoms with Crippen LogP contribution in [0.15, 0.2) is 30.5 Å². The second kappa shape index (κ2) is 6.42. The number of aromatic nitrogens is 1. The number of rotatable bonds is 7. The molecular weight excluding hydrogens is 210 g/mol. The largest absolute Gasteiger partial charge is 0.361 e. The van der Waals surface area contributed by atoms with Gasteiger partial charge in [0, 0.05) is 23.6 Å². The summed E-state index contributed by atoms with van der Waals surface area (Å²) in [6.45, 7) is 6.29. The lowest BCUT2D eigenvalue weighted by molar-refractivity contribution is 0.607. The average Bonchev–Trinajstić information content (AvgIpc) is 2.77. The highest BCUT2D eigenvalue weighted by molar-refractivity contribution is 5.82. The van der Waals surface area contributed by atoms with E-state index in [4.69, 9.17) is 0 Å². The molecule has 3 heteroatoms. The van der Waals surface area contributed by atoms with Crippen molar-refractivity contribution in [1.29, 1.82) is 0 Å². The third-order valence-corrected chi connectivity index (χ3v) is 2.95. The molecule has 0 aliphatic carbocycles. The normalized spacial score (nSPS) is 11.1. The van der Waals surface area contributed by atoms with E-state index >= 15 is 0 Å². The molecule has 1 aromatic heterocycles. The Labute approximate surface area is 103 Å².